The first-order valence-electron chi connectivity index (χ1n) is 5.87. The number of thiazole rings is 1. The molecule has 2 aromatic heterocycles. The van der Waals surface area contributed by atoms with E-state index in [1.54, 1.807) is 0 Å². The molecule has 2 aromatic rings. The summed E-state index contributed by atoms with van der Waals surface area (Å²) in [5.41, 5.74) is 1.52. The zero-order valence-electron chi connectivity index (χ0n) is 11.4. The Morgan fingerprint density at radius 2 is 2.10 bits per heavy atom. The van der Waals surface area contributed by atoms with Crippen molar-refractivity contribution in [2.75, 3.05) is 0 Å². The van der Waals surface area contributed by atoms with E-state index in [4.69, 9.17) is 0 Å². The minimum Gasteiger partial charge on any atom is -0.443 e. The van der Waals surface area contributed by atoms with Crippen LogP contribution in [0.15, 0.2) is 10.9 Å². The molecule has 114 valence electrons. The first-order chi connectivity index (χ1) is 9.71. The standard InChI is InChI=1S/C12H12F3N3O2S/c1-6-9(7(2)18(3)17-6)10(12(13,14)15)20-11(19)8-4-21-5-16-8/h4-5,10H,1-3H3/t10-/m1/s1. The van der Waals surface area contributed by atoms with Crippen LogP contribution in [0.5, 0.6) is 0 Å². The van der Waals surface area contributed by atoms with Crippen molar-refractivity contribution >= 4 is 17.3 Å². The van der Waals surface area contributed by atoms with E-state index in [2.05, 4.69) is 14.8 Å². The second-order valence-corrected chi connectivity index (χ2v) is 5.13. The third-order valence-electron chi connectivity index (χ3n) is 2.99. The van der Waals surface area contributed by atoms with E-state index in [1.807, 2.05) is 0 Å². The highest BCUT2D eigenvalue weighted by atomic mass is 32.1. The predicted octanol–water partition coefficient (Wildman–Crippen LogP) is 2.95. The van der Waals surface area contributed by atoms with Crippen LogP contribution in [0.4, 0.5) is 13.2 Å². The molecule has 0 amide bonds. The number of hydrogen-bond donors (Lipinski definition) is 0. The number of nitrogens with zero attached hydrogens (tertiary/aromatic N) is 3. The van der Waals surface area contributed by atoms with Crippen molar-refractivity contribution in [2.24, 2.45) is 7.05 Å². The van der Waals surface area contributed by atoms with Gasteiger partial charge in [-0.05, 0) is 13.8 Å². The van der Waals surface area contributed by atoms with E-state index in [0.29, 0.717) is 5.69 Å². The van der Waals surface area contributed by atoms with Gasteiger partial charge < -0.3 is 4.74 Å². The summed E-state index contributed by atoms with van der Waals surface area (Å²) in [4.78, 5) is 15.4. The van der Waals surface area contributed by atoms with E-state index in [-0.39, 0.29) is 17.0 Å². The fourth-order valence-corrected chi connectivity index (χ4v) is 2.46. The highest BCUT2D eigenvalue weighted by Crippen LogP contribution is 2.39. The monoisotopic (exact) mass is 319 g/mol. The highest BCUT2D eigenvalue weighted by molar-refractivity contribution is 7.07. The molecule has 0 fully saturated rings. The van der Waals surface area contributed by atoms with Crippen molar-refractivity contribution in [2.45, 2.75) is 26.1 Å². The molecule has 0 N–H and O–H groups in total. The van der Waals surface area contributed by atoms with Crippen LogP contribution in [0.3, 0.4) is 0 Å². The third kappa shape index (κ3) is 3.07. The molecule has 0 saturated heterocycles. The quantitative estimate of drug-likeness (QED) is 0.816. The van der Waals surface area contributed by atoms with Gasteiger partial charge in [-0.1, -0.05) is 0 Å². The van der Waals surface area contributed by atoms with Gasteiger partial charge in [0.15, 0.2) is 5.69 Å². The van der Waals surface area contributed by atoms with Crippen molar-refractivity contribution in [3.8, 4) is 0 Å². The maximum atomic E-state index is 13.2. The molecule has 2 heterocycles. The molecule has 0 aliphatic carbocycles. The van der Waals surface area contributed by atoms with Crippen LogP contribution < -0.4 is 0 Å². The maximum Gasteiger partial charge on any atom is 0.430 e. The van der Waals surface area contributed by atoms with Crippen LogP contribution in [0, 0.1) is 13.8 Å². The molecule has 0 aromatic carbocycles. The zero-order valence-corrected chi connectivity index (χ0v) is 12.2. The molecule has 0 aliphatic rings. The van der Waals surface area contributed by atoms with E-state index < -0.39 is 18.2 Å². The summed E-state index contributed by atoms with van der Waals surface area (Å²) >= 11 is 1.10. The number of halogens is 3. The molecule has 2 rings (SSSR count). The number of esters is 1. The lowest BCUT2D eigenvalue weighted by atomic mass is 10.1. The van der Waals surface area contributed by atoms with E-state index in [9.17, 15) is 18.0 Å². The summed E-state index contributed by atoms with van der Waals surface area (Å²) in [5.74, 6) is -1.11. The fraction of sp³-hybridized carbons (Fsp3) is 0.417. The molecule has 0 spiro atoms. The Kier molecular flexibility index (Phi) is 4.04. The molecule has 1 atom stereocenters. The second kappa shape index (κ2) is 5.47. The summed E-state index contributed by atoms with van der Waals surface area (Å²) in [6.07, 6.45) is -7.09. The van der Waals surface area contributed by atoms with E-state index >= 15 is 0 Å². The van der Waals surface area contributed by atoms with Crippen molar-refractivity contribution in [3.63, 3.8) is 0 Å². The number of carbonyl (C=O) groups excluding carboxylic acids is 1. The van der Waals surface area contributed by atoms with Crippen molar-refractivity contribution < 1.29 is 22.7 Å². The van der Waals surface area contributed by atoms with Gasteiger partial charge in [0.1, 0.15) is 0 Å². The van der Waals surface area contributed by atoms with Gasteiger partial charge in [-0.15, -0.1) is 11.3 Å². The maximum absolute atomic E-state index is 13.2. The fourth-order valence-electron chi connectivity index (χ4n) is 1.94. The molecule has 9 heteroatoms. The van der Waals surface area contributed by atoms with Gasteiger partial charge in [0, 0.05) is 23.7 Å². The zero-order chi connectivity index (χ0) is 15.8. The Morgan fingerprint density at radius 3 is 2.52 bits per heavy atom. The van der Waals surface area contributed by atoms with Gasteiger partial charge in [0.25, 0.3) is 0 Å². The number of carbonyl (C=O) groups is 1. The molecule has 0 bridgehead atoms. The van der Waals surface area contributed by atoms with Crippen molar-refractivity contribution in [3.05, 3.63) is 33.5 Å². The lowest BCUT2D eigenvalue weighted by molar-refractivity contribution is -0.207. The first kappa shape index (κ1) is 15.5. The van der Waals surface area contributed by atoms with Gasteiger partial charge in [0.2, 0.25) is 6.10 Å². The molecule has 5 nitrogen and oxygen atoms in total. The minimum atomic E-state index is -4.73. The molecule has 0 unspecified atom stereocenters. The Labute approximate surface area is 122 Å². The van der Waals surface area contributed by atoms with Gasteiger partial charge in [0.05, 0.1) is 11.2 Å². The summed E-state index contributed by atoms with van der Waals surface area (Å²) in [5, 5.41) is 5.26. The summed E-state index contributed by atoms with van der Waals surface area (Å²) in [7, 11) is 1.53. The van der Waals surface area contributed by atoms with E-state index in [0.717, 1.165) is 11.3 Å². The largest absolute Gasteiger partial charge is 0.443 e. The van der Waals surface area contributed by atoms with Gasteiger partial charge in [-0.25, -0.2) is 9.78 Å². The van der Waals surface area contributed by atoms with Crippen LogP contribution in [-0.4, -0.2) is 26.9 Å². The van der Waals surface area contributed by atoms with Crippen molar-refractivity contribution in [1.82, 2.24) is 14.8 Å². The number of ether oxygens (including phenoxy) is 1. The predicted molar refractivity (Wildman–Crippen MR) is 69.0 cm³/mol. The van der Waals surface area contributed by atoms with Crippen LogP contribution in [0.25, 0.3) is 0 Å². The average Bonchev–Trinajstić information content (AvgIpc) is 2.96. The molecule has 21 heavy (non-hydrogen) atoms. The van der Waals surface area contributed by atoms with E-state index in [1.165, 1.54) is 36.5 Å². The first-order valence-corrected chi connectivity index (χ1v) is 6.82. The molecule has 0 aliphatic heterocycles. The minimum absolute atomic E-state index is 0.145. The average molecular weight is 319 g/mol. The molecule has 0 radical (unpaired) electrons. The van der Waals surface area contributed by atoms with Crippen LogP contribution in [0.2, 0.25) is 0 Å². The number of alkyl halides is 3. The number of hydrogen-bond acceptors (Lipinski definition) is 5. The Hall–Kier alpha value is -1.90. The number of aryl methyl sites for hydroxylation is 2. The Balaban J connectivity index is 2.38. The molecular weight excluding hydrogens is 307 g/mol. The molecular formula is C12H12F3N3O2S. The van der Waals surface area contributed by atoms with Gasteiger partial charge in [-0.3, -0.25) is 4.68 Å². The second-order valence-electron chi connectivity index (χ2n) is 4.41. The topological polar surface area (TPSA) is 57.0 Å². The SMILES string of the molecule is Cc1nn(C)c(C)c1[C@@H](OC(=O)c1cscn1)C(F)(F)F. The van der Waals surface area contributed by atoms with Crippen molar-refractivity contribution in [1.29, 1.82) is 0 Å². The van der Waals surface area contributed by atoms with Crippen LogP contribution in [0.1, 0.15) is 33.5 Å². The normalized spacial score (nSPS) is 13.2. The summed E-state index contributed by atoms with van der Waals surface area (Å²) in [6.45, 7) is 2.93. The van der Waals surface area contributed by atoms with Crippen LogP contribution in [-0.2, 0) is 11.8 Å². The Bertz CT molecular complexity index is 649. The third-order valence-corrected chi connectivity index (χ3v) is 3.58. The lowest BCUT2D eigenvalue weighted by Crippen LogP contribution is -2.27. The number of rotatable bonds is 3. The van der Waals surface area contributed by atoms with Gasteiger partial charge >= 0.3 is 12.1 Å². The van der Waals surface area contributed by atoms with Crippen LogP contribution >= 0.6 is 11.3 Å². The lowest BCUT2D eigenvalue weighted by Gasteiger charge is -2.21. The summed E-state index contributed by atoms with van der Waals surface area (Å²) < 4.78 is 45.7. The highest BCUT2D eigenvalue weighted by Gasteiger charge is 2.47. The summed E-state index contributed by atoms with van der Waals surface area (Å²) in [6, 6.07) is 0. The van der Waals surface area contributed by atoms with Gasteiger partial charge in [-0.2, -0.15) is 18.3 Å². The smallest absolute Gasteiger partial charge is 0.430 e. The number of aromatic nitrogens is 3. The molecule has 0 saturated carbocycles. The Morgan fingerprint density at radius 1 is 1.43 bits per heavy atom.